The van der Waals surface area contributed by atoms with E-state index < -0.39 is 16.1 Å². The number of benzene rings is 2. The minimum atomic E-state index is -3.56. The van der Waals surface area contributed by atoms with E-state index in [1.54, 1.807) is 19.1 Å². The Kier molecular flexibility index (Phi) is 10.2. The standard InChI is InChI=1S/C26H36FN3O4S/c1-6-15-28-26(32)21(4)29(18-22-11-13-23(27)14-12-22)25(31)8-7-16-30(35(5,33)34)24-17-19(2)9-10-20(24)3/h9-14,17,21H,6-8,15-16,18H2,1-5H3,(H,28,32)/t21-/m0/s1. The summed E-state index contributed by atoms with van der Waals surface area (Å²) in [5.74, 6) is -0.925. The van der Waals surface area contributed by atoms with Crippen LogP contribution in [0.2, 0.25) is 0 Å². The smallest absolute Gasteiger partial charge is 0.242 e. The molecule has 1 atom stereocenters. The first-order valence-corrected chi connectivity index (χ1v) is 13.7. The van der Waals surface area contributed by atoms with Gasteiger partial charge in [-0.1, -0.05) is 31.2 Å². The van der Waals surface area contributed by atoms with Gasteiger partial charge in [0.1, 0.15) is 11.9 Å². The second-order valence-corrected chi connectivity index (χ2v) is 10.8. The Morgan fingerprint density at radius 2 is 1.74 bits per heavy atom. The molecule has 0 aliphatic heterocycles. The summed E-state index contributed by atoms with van der Waals surface area (Å²) in [6, 6.07) is 10.7. The molecule has 0 radical (unpaired) electrons. The van der Waals surface area contributed by atoms with Gasteiger partial charge in [-0.2, -0.15) is 0 Å². The summed E-state index contributed by atoms with van der Waals surface area (Å²) in [6.45, 7) is 8.12. The fraction of sp³-hybridized carbons (Fsp3) is 0.462. The Morgan fingerprint density at radius 1 is 1.09 bits per heavy atom. The van der Waals surface area contributed by atoms with E-state index in [9.17, 15) is 22.4 Å². The molecular formula is C26H36FN3O4S. The van der Waals surface area contributed by atoms with Crippen LogP contribution in [0.15, 0.2) is 42.5 Å². The van der Waals surface area contributed by atoms with Gasteiger partial charge in [-0.05, 0) is 68.5 Å². The van der Waals surface area contributed by atoms with Crippen LogP contribution in [-0.2, 0) is 26.2 Å². The number of nitrogens with zero attached hydrogens (tertiary/aromatic N) is 2. The summed E-state index contributed by atoms with van der Waals surface area (Å²) >= 11 is 0. The SMILES string of the molecule is CCCNC(=O)[C@H](C)N(Cc1ccc(F)cc1)C(=O)CCCN(c1cc(C)ccc1C)S(C)(=O)=O. The molecule has 2 rings (SSSR count). The van der Waals surface area contributed by atoms with Crippen molar-refractivity contribution in [2.45, 2.75) is 59.5 Å². The lowest BCUT2D eigenvalue weighted by Crippen LogP contribution is -2.47. The number of carbonyl (C=O) groups is 2. The van der Waals surface area contributed by atoms with Crippen LogP contribution in [0.1, 0.15) is 49.8 Å². The van der Waals surface area contributed by atoms with Crippen molar-refractivity contribution in [1.29, 1.82) is 0 Å². The van der Waals surface area contributed by atoms with Gasteiger partial charge in [-0.15, -0.1) is 0 Å². The zero-order valence-electron chi connectivity index (χ0n) is 21.2. The first kappa shape index (κ1) is 28.3. The number of rotatable bonds is 12. The number of anilines is 1. The Morgan fingerprint density at radius 3 is 2.34 bits per heavy atom. The minimum Gasteiger partial charge on any atom is -0.354 e. The number of amides is 2. The summed E-state index contributed by atoms with van der Waals surface area (Å²) in [6.07, 6.45) is 2.26. The van der Waals surface area contributed by atoms with Crippen molar-refractivity contribution in [3.63, 3.8) is 0 Å². The molecule has 0 heterocycles. The highest BCUT2D eigenvalue weighted by molar-refractivity contribution is 7.92. The Hall–Kier alpha value is -2.94. The summed E-state index contributed by atoms with van der Waals surface area (Å²) < 4.78 is 39.7. The molecule has 7 nitrogen and oxygen atoms in total. The third-order valence-electron chi connectivity index (χ3n) is 5.77. The molecule has 35 heavy (non-hydrogen) atoms. The number of nitrogens with one attached hydrogen (secondary N) is 1. The number of sulfonamides is 1. The van der Waals surface area contributed by atoms with Gasteiger partial charge in [0, 0.05) is 26.1 Å². The van der Waals surface area contributed by atoms with Crippen LogP contribution in [-0.4, -0.2) is 50.5 Å². The monoisotopic (exact) mass is 505 g/mol. The van der Waals surface area contributed by atoms with Gasteiger partial charge in [0.05, 0.1) is 11.9 Å². The van der Waals surface area contributed by atoms with E-state index in [-0.39, 0.29) is 43.6 Å². The molecule has 0 bridgehead atoms. The number of halogens is 1. The quantitative estimate of drug-likeness (QED) is 0.474. The molecular weight excluding hydrogens is 469 g/mol. The molecule has 2 aromatic rings. The highest BCUT2D eigenvalue weighted by Crippen LogP contribution is 2.24. The van der Waals surface area contributed by atoms with Crippen molar-refractivity contribution in [3.8, 4) is 0 Å². The zero-order chi connectivity index (χ0) is 26.2. The van der Waals surface area contributed by atoms with Gasteiger partial charge in [-0.3, -0.25) is 13.9 Å². The lowest BCUT2D eigenvalue weighted by atomic mass is 10.1. The Bertz CT molecular complexity index is 1120. The number of carbonyl (C=O) groups excluding carboxylic acids is 2. The molecule has 2 aromatic carbocycles. The van der Waals surface area contributed by atoms with Crippen molar-refractivity contribution >= 4 is 27.5 Å². The van der Waals surface area contributed by atoms with E-state index in [0.717, 1.165) is 23.8 Å². The maximum absolute atomic E-state index is 13.3. The number of hydrogen-bond acceptors (Lipinski definition) is 4. The molecule has 0 saturated carbocycles. The lowest BCUT2D eigenvalue weighted by Gasteiger charge is -2.29. The van der Waals surface area contributed by atoms with E-state index in [1.807, 2.05) is 39.0 Å². The molecule has 2 amide bonds. The summed E-state index contributed by atoms with van der Waals surface area (Å²) in [4.78, 5) is 27.3. The molecule has 0 aromatic heterocycles. The molecule has 0 saturated heterocycles. The molecule has 192 valence electrons. The van der Waals surface area contributed by atoms with Gasteiger partial charge in [-0.25, -0.2) is 12.8 Å². The van der Waals surface area contributed by atoms with Crippen LogP contribution in [0.4, 0.5) is 10.1 Å². The van der Waals surface area contributed by atoms with E-state index >= 15 is 0 Å². The fourth-order valence-electron chi connectivity index (χ4n) is 3.74. The summed E-state index contributed by atoms with van der Waals surface area (Å²) in [5, 5.41) is 2.81. The average molecular weight is 506 g/mol. The normalized spacial score (nSPS) is 12.2. The van der Waals surface area contributed by atoms with Crippen LogP contribution in [0.25, 0.3) is 0 Å². The van der Waals surface area contributed by atoms with E-state index in [0.29, 0.717) is 17.8 Å². The molecule has 0 unspecified atom stereocenters. The van der Waals surface area contributed by atoms with Gasteiger partial charge < -0.3 is 10.2 Å². The lowest BCUT2D eigenvalue weighted by molar-refractivity contribution is -0.140. The van der Waals surface area contributed by atoms with E-state index in [2.05, 4.69) is 5.32 Å². The summed E-state index contributed by atoms with van der Waals surface area (Å²) in [5.41, 5.74) is 3.05. The molecule has 9 heteroatoms. The third-order valence-corrected chi connectivity index (χ3v) is 6.95. The third kappa shape index (κ3) is 8.35. The van der Waals surface area contributed by atoms with Crippen LogP contribution in [0.5, 0.6) is 0 Å². The van der Waals surface area contributed by atoms with Crippen LogP contribution in [0, 0.1) is 19.7 Å². The maximum atomic E-state index is 13.3. The Labute approximate surface area is 208 Å². The predicted molar refractivity (Wildman–Crippen MR) is 137 cm³/mol. The highest BCUT2D eigenvalue weighted by atomic mass is 32.2. The highest BCUT2D eigenvalue weighted by Gasteiger charge is 2.26. The van der Waals surface area contributed by atoms with Crippen molar-refractivity contribution in [2.75, 3.05) is 23.7 Å². The van der Waals surface area contributed by atoms with Crippen molar-refractivity contribution < 1.29 is 22.4 Å². The maximum Gasteiger partial charge on any atom is 0.242 e. The largest absolute Gasteiger partial charge is 0.354 e. The number of aryl methyl sites for hydroxylation is 2. The number of hydrogen-bond donors (Lipinski definition) is 1. The topological polar surface area (TPSA) is 86.8 Å². The van der Waals surface area contributed by atoms with Crippen LogP contribution in [0.3, 0.4) is 0 Å². The van der Waals surface area contributed by atoms with Gasteiger partial charge >= 0.3 is 0 Å². The molecule has 0 fully saturated rings. The van der Waals surface area contributed by atoms with Crippen molar-refractivity contribution in [3.05, 3.63) is 65.0 Å². The van der Waals surface area contributed by atoms with E-state index in [4.69, 9.17) is 0 Å². The zero-order valence-corrected chi connectivity index (χ0v) is 22.0. The molecule has 1 N–H and O–H groups in total. The minimum absolute atomic E-state index is 0.0590. The second kappa shape index (κ2) is 12.7. The second-order valence-electron chi connectivity index (χ2n) is 8.84. The van der Waals surface area contributed by atoms with Crippen LogP contribution >= 0.6 is 0 Å². The van der Waals surface area contributed by atoms with Crippen molar-refractivity contribution in [1.82, 2.24) is 10.2 Å². The van der Waals surface area contributed by atoms with Crippen molar-refractivity contribution in [2.24, 2.45) is 0 Å². The van der Waals surface area contributed by atoms with Gasteiger partial charge in [0.2, 0.25) is 21.8 Å². The molecule has 0 aliphatic carbocycles. The molecule has 0 aliphatic rings. The van der Waals surface area contributed by atoms with Gasteiger partial charge in [0.15, 0.2) is 0 Å². The van der Waals surface area contributed by atoms with Gasteiger partial charge in [0.25, 0.3) is 0 Å². The fourth-order valence-corrected chi connectivity index (χ4v) is 4.75. The van der Waals surface area contributed by atoms with E-state index in [1.165, 1.54) is 21.3 Å². The average Bonchev–Trinajstić information content (AvgIpc) is 2.80. The van der Waals surface area contributed by atoms with Crippen LogP contribution < -0.4 is 9.62 Å². The molecule has 0 spiro atoms. The first-order chi connectivity index (χ1) is 16.4. The first-order valence-electron chi connectivity index (χ1n) is 11.8. The predicted octanol–water partition coefficient (Wildman–Crippen LogP) is 3.93. The summed E-state index contributed by atoms with van der Waals surface area (Å²) in [7, 11) is -3.56. The Balaban J connectivity index is 2.18.